The van der Waals surface area contributed by atoms with Crippen LogP contribution in [0.4, 0.5) is 0 Å². The standard InChI is InChI=1S/C17H27N3O4S/c21-15-7-6-14(17(18-15)8-3-9-17)19-25(23,24)13-10-20(11-13)16(22)12-4-1-2-5-12/h12-14,19H,1-11H2,(H,18,21)/t14-/m0/s1. The topological polar surface area (TPSA) is 95.6 Å². The monoisotopic (exact) mass is 369 g/mol. The van der Waals surface area contributed by atoms with Crippen molar-refractivity contribution in [3.05, 3.63) is 0 Å². The van der Waals surface area contributed by atoms with Gasteiger partial charge in [0, 0.05) is 31.5 Å². The molecule has 2 saturated heterocycles. The van der Waals surface area contributed by atoms with Crippen LogP contribution in [-0.2, 0) is 19.6 Å². The first kappa shape index (κ1) is 17.3. The maximum Gasteiger partial charge on any atom is 0.225 e. The SMILES string of the molecule is O=C1CC[C@H](NS(=O)(=O)C2CN(C(=O)C3CCCC3)C2)C2(CCC2)N1. The van der Waals surface area contributed by atoms with E-state index in [9.17, 15) is 18.0 Å². The molecule has 4 rings (SSSR count). The van der Waals surface area contributed by atoms with E-state index in [0.29, 0.717) is 25.9 Å². The molecule has 2 saturated carbocycles. The third kappa shape index (κ3) is 3.07. The lowest BCUT2D eigenvalue weighted by atomic mass is 9.68. The van der Waals surface area contributed by atoms with Gasteiger partial charge < -0.3 is 10.2 Å². The highest BCUT2D eigenvalue weighted by molar-refractivity contribution is 7.90. The Bertz CT molecular complexity index is 661. The van der Waals surface area contributed by atoms with Gasteiger partial charge in [-0.1, -0.05) is 12.8 Å². The molecule has 1 atom stereocenters. The second-order valence-corrected chi connectivity index (χ2v) is 10.2. The van der Waals surface area contributed by atoms with Gasteiger partial charge in [-0.05, 0) is 38.5 Å². The van der Waals surface area contributed by atoms with Gasteiger partial charge in [-0.25, -0.2) is 13.1 Å². The fourth-order valence-corrected chi connectivity index (χ4v) is 6.41. The van der Waals surface area contributed by atoms with Crippen molar-refractivity contribution >= 4 is 21.8 Å². The Kier molecular flexibility index (Phi) is 4.30. The number of carbonyl (C=O) groups is 2. The number of carbonyl (C=O) groups excluding carboxylic acids is 2. The molecule has 0 aromatic rings. The molecule has 8 heteroatoms. The van der Waals surface area contributed by atoms with Crippen LogP contribution in [0, 0.1) is 5.92 Å². The number of amides is 2. The summed E-state index contributed by atoms with van der Waals surface area (Å²) in [6.45, 7) is 0.605. The normalized spacial score (nSPS) is 30.0. The average Bonchev–Trinajstić information content (AvgIpc) is 2.99. The van der Waals surface area contributed by atoms with Gasteiger partial charge >= 0.3 is 0 Å². The second-order valence-electron chi connectivity index (χ2n) is 8.16. The van der Waals surface area contributed by atoms with Crippen molar-refractivity contribution in [1.29, 1.82) is 0 Å². The Morgan fingerprint density at radius 1 is 1.12 bits per heavy atom. The maximum atomic E-state index is 12.7. The van der Waals surface area contributed by atoms with Crippen molar-refractivity contribution in [2.24, 2.45) is 5.92 Å². The van der Waals surface area contributed by atoms with E-state index in [2.05, 4.69) is 10.0 Å². The Labute approximate surface area is 148 Å². The van der Waals surface area contributed by atoms with E-state index >= 15 is 0 Å². The number of hydrogen-bond acceptors (Lipinski definition) is 4. The molecule has 25 heavy (non-hydrogen) atoms. The number of rotatable bonds is 4. The first-order valence-corrected chi connectivity index (χ1v) is 11.1. The van der Waals surface area contributed by atoms with E-state index in [1.165, 1.54) is 0 Å². The lowest BCUT2D eigenvalue weighted by molar-refractivity contribution is -0.138. The summed E-state index contributed by atoms with van der Waals surface area (Å²) in [4.78, 5) is 25.7. The van der Waals surface area contributed by atoms with Gasteiger partial charge in [0.15, 0.2) is 0 Å². The minimum atomic E-state index is -3.47. The molecule has 1 spiro atoms. The van der Waals surface area contributed by atoms with E-state index < -0.39 is 15.3 Å². The molecular weight excluding hydrogens is 342 g/mol. The Morgan fingerprint density at radius 3 is 2.40 bits per heavy atom. The molecule has 2 heterocycles. The molecule has 2 aliphatic carbocycles. The zero-order valence-electron chi connectivity index (χ0n) is 14.5. The highest BCUT2D eigenvalue weighted by Crippen LogP contribution is 2.39. The minimum Gasteiger partial charge on any atom is -0.349 e. The van der Waals surface area contributed by atoms with Gasteiger partial charge in [-0.15, -0.1) is 0 Å². The summed E-state index contributed by atoms with van der Waals surface area (Å²) in [6, 6.07) is -0.219. The molecule has 4 aliphatic rings. The van der Waals surface area contributed by atoms with Crippen molar-refractivity contribution in [3.8, 4) is 0 Å². The quantitative estimate of drug-likeness (QED) is 0.755. The lowest BCUT2D eigenvalue weighted by Gasteiger charge is -2.51. The predicted octanol–water partition coefficient (Wildman–Crippen LogP) is 0.508. The predicted molar refractivity (Wildman–Crippen MR) is 92.1 cm³/mol. The van der Waals surface area contributed by atoms with Crippen LogP contribution in [0.5, 0.6) is 0 Å². The maximum absolute atomic E-state index is 12.7. The van der Waals surface area contributed by atoms with E-state index in [1.54, 1.807) is 4.90 Å². The number of hydrogen-bond donors (Lipinski definition) is 2. The van der Waals surface area contributed by atoms with E-state index in [0.717, 1.165) is 44.9 Å². The van der Waals surface area contributed by atoms with Crippen LogP contribution in [0.2, 0.25) is 0 Å². The molecule has 0 unspecified atom stereocenters. The van der Waals surface area contributed by atoms with E-state index in [-0.39, 0.29) is 29.3 Å². The van der Waals surface area contributed by atoms with Crippen LogP contribution in [0.1, 0.15) is 57.8 Å². The van der Waals surface area contributed by atoms with Crippen LogP contribution < -0.4 is 10.0 Å². The fraction of sp³-hybridized carbons (Fsp3) is 0.882. The van der Waals surface area contributed by atoms with Crippen LogP contribution in [0.3, 0.4) is 0 Å². The van der Waals surface area contributed by atoms with Crippen LogP contribution in [0.15, 0.2) is 0 Å². The Balaban J connectivity index is 1.35. The summed E-state index contributed by atoms with van der Waals surface area (Å²) in [5.41, 5.74) is -0.383. The van der Waals surface area contributed by atoms with Crippen molar-refractivity contribution < 1.29 is 18.0 Å². The van der Waals surface area contributed by atoms with Crippen LogP contribution in [-0.4, -0.2) is 55.1 Å². The summed E-state index contributed by atoms with van der Waals surface area (Å²) in [7, 11) is -3.47. The summed E-state index contributed by atoms with van der Waals surface area (Å²) in [6.07, 6.45) is 7.70. The molecule has 0 aromatic carbocycles. The Morgan fingerprint density at radius 2 is 1.80 bits per heavy atom. The summed E-state index contributed by atoms with van der Waals surface area (Å²) in [5.74, 6) is 0.250. The average molecular weight is 369 g/mol. The third-order valence-electron chi connectivity index (χ3n) is 6.57. The summed E-state index contributed by atoms with van der Waals surface area (Å²) < 4.78 is 28.3. The van der Waals surface area contributed by atoms with Gasteiger partial charge in [-0.3, -0.25) is 9.59 Å². The van der Waals surface area contributed by atoms with E-state index in [4.69, 9.17) is 0 Å². The first-order valence-electron chi connectivity index (χ1n) is 9.51. The lowest BCUT2D eigenvalue weighted by Crippen LogP contribution is -2.70. The number of nitrogens with zero attached hydrogens (tertiary/aromatic N) is 1. The van der Waals surface area contributed by atoms with Crippen molar-refractivity contribution in [2.75, 3.05) is 13.1 Å². The first-order chi connectivity index (χ1) is 11.9. The van der Waals surface area contributed by atoms with Gasteiger partial charge in [0.2, 0.25) is 21.8 Å². The molecule has 0 radical (unpaired) electrons. The Hall–Kier alpha value is -1.15. The molecule has 0 bridgehead atoms. The summed E-state index contributed by atoms with van der Waals surface area (Å²) in [5, 5.41) is 2.49. The minimum absolute atomic E-state index is 0.0205. The van der Waals surface area contributed by atoms with Gasteiger partial charge in [0.1, 0.15) is 5.25 Å². The largest absolute Gasteiger partial charge is 0.349 e. The van der Waals surface area contributed by atoms with Gasteiger partial charge in [0.05, 0.1) is 5.54 Å². The van der Waals surface area contributed by atoms with Gasteiger partial charge in [-0.2, -0.15) is 0 Å². The van der Waals surface area contributed by atoms with Crippen LogP contribution >= 0.6 is 0 Å². The smallest absolute Gasteiger partial charge is 0.225 e. The molecule has 2 aliphatic heterocycles. The molecule has 2 amide bonds. The third-order valence-corrected chi connectivity index (χ3v) is 8.36. The van der Waals surface area contributed by atoms with Crippen molar-refractivity contribution in [3.63, 3.8) is 0 Å². The molecule has 2 N–H and O–H groups in total. The number of piperidine rings is 1. The molecule has 7 nitrogen and oxygen atoms in total. The van der Waals surface area contributed by atoms with Crippen molar-refractivity contribution in [2.45, 2.75) is 74.6 Å². The fourth-order valence-electron chi connectivity index (χ4n) is 4.72. The highest BCUT2D eigenvalue weighted by atomic mass is 32.2. The van der Waals surface area contributed by atoms with Crippen molar-refractivity contribution in [1.82, 2.24) is 14.9 Å². The summed E-state index contributed by atoms with van der Waals surface area (Å²) >= 11 is 0. The van der Waals surface area contributed by atoms with E-state index in [1.807, 2.05) is 0 Å². The number of likely N-dealkylation sites (tertiary alicyclic amines) is 1. The molecule has 4 fully saturated rings. The molecule has 0 aromatic heterocycles. The second kappa shape index (κ2) is 6.23. The highest BCUT2D eigenvalue weighted by Gasteiger charge is 2.51. The van der Waals surface area contributed by atoms with Crippen LogP contribution in [0.25, 0.3) is 0 Å². The molecule has 140 valence electrons. The number of sulfonamides is 1. The zero-order valence-corrected chi connectivity index (χ0v) is 15.3. The molecular formula is C17H27N3O4S. The van der Waals surface area contributed by atoms with Gasteiger partial charge in [0.25, 0.3) is 0 Å². The number of nitrogens with one attached hydrogen (secondary N) is 2. The zero-order chi connectivity index (χ0) is 17.7.